The number of rotatable bonds is 12. The molecule has 1 N–H and O–H groups in total. The normalized spacial score (nSPS) is 11.2. The number of aryl methyl sites for hydroxylation is 2. The second-order valence-corrected chi connectivity index (χ2v) is 9.72. The second kappa shape index (κ2) is 12.6. The standard InChI is InChI=1S/C30H34ClN3O2/c1-22(2)25-10-3-6-13-28(25)36-21-8-7-20-34-27-12-5-4-11-26(27)33-29(34)14-9-19-32-30(35)23-15-17-24(31)18-16-23/h3-6,10-13,15-18,22H,7-9,14,19-21H2,1-2H3,(H,32,35). The van der Waals surface area contributed by atoms with Gasteiger partial charge in [0.15, 0.2) is 0 Å². The Balaban J connectivity index is 1.30. The first-order valence-electron chi connectivity index (χ1n) is 12.7. The fourth-order valence-electron chi connectivity index (χ4n) is 4.36. The van der Waals surface area contributed by atoms with Gasteiger partial charge in [-0.15, -0.1) is 0 Å². The number of carbonyl (C=O) groups is 1. The van der Waals surface area contributed by atoms with Gasteiger partial charge in [-0.05, 0) is 73.2 Å². The minimum atomic E-state index is -0.0841. The highest BCUT2D eigenvalue weighted by molar-refractivity contribution is 6.30. The first-order valence-corrected chi connectivity index (χ1v) is 13.1. The molecule has 4 aromatic rings. The van der Waals surface area contributed by atoms with Crippen molar-refractivity contribution in [3.8, 4) is 5.75 Å². The summed E-state index contributed by atoms with van der Waals surface area (Å²) in [6, 6.07) is 23.5. The summed E-state index contributed by atoms with van der Waals surface area (Å²) in [6.07, 6.45) is 3.59. The average molecular weight is 504 g/mol. The molecule has 0 aliphatic heterocycles. The fourth-order valence-corrected chi connectivity index (χ4v) is 4.49. The number of carbonyl (C=O) groups excluding carboxylic acids is 1. The number of ether oxygens (including phenoxy) is 1. The van der Waals surface area contributed by atoms with Crippen molar-refractivity contribution in [1.82, 2.24) is 14.9 Å². The molecule has 36 heavy (non-hydrogen) atoms. The number of benzene rings is 3. The molecule has 6 heteroatoms. The number of unbranched alkanes of at least 4 members (excludes halogenated alkanes) is 1. The Hall–Kier alpha value is -3.31. The Kier molecular flexibility index (Phi) is 9.01. The molecule has 0 unspecified atom stereocenters. The van der Waals surface area contributed by atoms with Gasteiger partial charge in [-0.3, -0.25) is 4.79 Å². The number of para-hydroxylation sites is 3. The van der Waals surface area contributed by atoms with Crippen LogP contribution in [0.2, 0.25) is 5.02 Å². The number of amides is 1. The van der Waals surface area contributed by atoms with E-state index in [-0.39, 0.29) is 5.91 Å². The predicted molar refractivity (Wildman–Crippen MR) is 147 cm³/mol. The molecule has 0 fully saturated rings. The molecule has 0 aliphatic rings. The molecule has 1 aromatic heterocycles. The van der Waals surface area contributed by atoms with Gasteiger partial charge in [0.25, 0.3) is 5.91 Å². The van der Waals surface area contributed by atoms with Crippen LogP contribution >= 0.6 is 11.6 Å². The van der Waals surface area contributed by atoms with Crippen molar-refractivity contribution in [2.45, 2.75) is 52.0 Å². The monoisotopic (exact) mass is 503 g/mol. The van der Waals surface area contributed by atoms with E-state index in [4.69, 9.17) is 21.3 Å². The number of imidazole rings is 1. The summed E-state index contributed by atoms with van der Waals surface area (Å²) in [4.78, 5) is 17.2. The van der Waals surface area contributed by atoms with Gasteiger partial charge in [-0.2, -0.15) is 0 Å². The molecule has 0 saturated heterocycles. The van der Waals surface area contributed by atoms with E-state index in [0.29, 0.717) is 29.7 Å². The molecule has 188 valence electrons. The molecule has 0 radical (unpaired) electrons. The second-order valence-electron chi connectivity index (χ2n) is 9.28. The highest BCUT2D eigenvalue weighted by Crippen LogP contribution is 2.26. The predicted octanol–water partition coefficient (Wildman–Crippen LogP) is 7.03. The molecule has 1 heterocycles. The number of hydrogen-bond donors (Lipinski definition) is 1. The summed E-state index contributed by atoms with van der Waals surface area (Å²) in [5.74, 6) is 2.40. The topological polar surface area (TPSA) is 56.1 Å². The van der Waals surface area contributed by atoms with Gasteiger partial charge >= 0.3 is 0 Å². The van der Waals surface area contributed by atoms with Gasteiger partial charge in [0, 0.05) is 30.1 Å². The molecule has 0 saturated carbocycles. The summed E-state index contributed by atoms with van der Waals surface area (Å²) < 4.78 is 8.43. The zero-order valence-electron chi connectivity index (χ0n) is 21.0. The van der Waals surface area contributed by atoms with E-state index >= 15 is 0 Å². The molecule has 0 aliphatic carbocycles. The zero-order chi connectivity index (χ0) is 25.3. The van der Waals surface area contributed by atoms with Gasteiger partial charge in [-0.25, -0.2) is 4.98 Å². The van der Waals surface area contributed by atoms with Crippen molar-refractivity contribution >= 4 is 28.5 Å². The molecule has 4 rings (SSSR count). The van der Waals surface area contributed by atoms with Gasteiger partial charge in [0.05, 0.1) is 17.6 Å². The minimum Gasteiger partial charge on any atom is -0.493 e. The Bertz CT molecular complexity index is 1280. The quantitative estimate of drug-likeness (QED) is 0.211. The van der Waals surface area contributed by atoms with Crippen LogP contribution in [0.4, 0.5) is 0 Å². The van der Waals surface area contributed by atoms with E-state index < -0.39 is 0 Å². The number of nitrogens with one attached hydrogen (secondary N) is 1. The van der Waals surface area contributed by atoms with E-state index in [1.807, 2.05) is 12.1 Å². The van der Waals surface area contributed by atoms with E-state index in [2.05, 4.69) is 60.1 Å². The van der Waals surface area contributed by atoms with E-state index in [0.717, 1.165) is 54.8 Å². The molecule has 5 nitrogen and oxygen atoms in total. The lowest BCUT2D eigenvalue weighted by atomic mass is 10.0. The van der Waals surface area contributed by atoms with Crippen LogP contribution in [0, 0.1) is 0 Å². The number of aromatic nitrogens is 2. The van der Waals surface area contributed by atoms with Gasteiger partial charge in [0.2, 0.25) is 0 Å². The number of fused-ring (bicyclic) bond motifs is 1. The van der Waals surface area contributed by atoms with Crippen molar-refractivity contribution in [2.75, 3.05) is 13.2 Å². The molecule has 0 bridgehead atoms. The Morgan fingerprint density at radius 3 is 2.53 bits per heavy atom. The summed E-state index contributed by atoms with van der Waals surface area (Å²) in [7, 11) is 0. The van der Waals surface area contributed by atoms with E-state index in [1.54, 1.807) is 24.3 Å². The maximum atomic E-state index is 12.4. The number of halogens is 1. The van der Waals surface area contributed by atoms with Crippen molar-refractivity contribution < 1.29 is 9.53 Å². The van der Waals surface area contributed by atoms with Crippen molar-refractivity contribution in [1.29, 1.82) is 0 Å². The Morgan fingerprint density at radius 1 is 0.972 bits per heavy atom. The van der Waals surface area contributed by atoms with E-state index in [1.165, 1.54) is 5.56 Å². The lowest BCUT2D eigenvalue weighted by Gasteiger charge is -2.14. The lowest BCUT2D eigenvalue weighted by Crippen LogP contribution is -2.25. The molecule has 3 aromatic carbocycles. The van der Waals surface area contributed by atoms with Crippen LogP contribution in [0.25, 0.3) is 11.0 Å². The first-order chi connectivity index (χ1) is 17.5. The van der Waals surface area contributed by atoms with Crippen LogP contribution in [0.15, 0.2) is 72.8 Å². The van der Waals surface area contributed by atoms with Crippen LogP contribution < -0.4 is 10.1 Å². The third kappa shape index (κ3) is 6.67. The van der Waals surface area contributed by atoms with Crippen LogP contribution in [0.5, 0.6) is 5.75 Å². The SMILES string of the molecule is CC(C)c1ccccc1OCCCCn1c(CCCNC(=O)c2ccc(Cl)cc2)nc2ccccc21. The molecule has 0 atom stereocenters. The maximum Gasteiger partial charge on any atom is 0.251 e. The molecule has 1 amide bonds. The van der Waals surface area contributed by atoms with Gasteiger partial charge in [0.1, 0.15) is 11.6 Å². The average Bonchev–Trinajstić information content (AvgIpc) is 3.24. The molecular weight excluding hydrogens is 470 g/mol. The number of hydrogen-bond acceptors (Lipinski definition) is 3. The smallest absolute Gasteiger partial charge is 0.251 e. The lowest BCUT2D eigenvalue weighted by molar-refractivity contribution is 0.0953. The third-order valence-electron chi connectivity index (χ3n) is 6.28. The Morgan fingerprint density at radius 2 is 1.72 bits per heavy atom. The zero-order valence-corrected chi connectivity index (χ0v) is 21.8. The maximum absolute atomic E-state index is 12.4. The van der Waals surface area contributed by atoms with Crippen LogP contribution in [0.1, 0.15) is 60.8 Å². The number of nitrogens with zero attached hydrogens (tertiary/aromatic N) is 2. The third-order valence-corrected chi connectivity index (χ3v) is 6.53. The van der Waals surface area contributed by atoms with Crippen LogP contribution in [0.3, 0.4) is 0 Å². The molecular formula is C30H34ClN3O2. The minimum absolute atomic E-state index is 0.0841. The summed E-state index contributed by atoms with van der Waals surface area (Å²) in [5.41, 5.74) is 4.04. The van der Waals surface area contributed by atoms with Gasteiger partial charge in [-0.1, -0.05) is 55.8 Å². The van der Waals surface area contributed by atoms with E-state index in [9.17, 15) is 4.79 Å². The first kappa shape index (κ1) is 25.8. The Labute approximate surface area is 218 Å². The summed E-state index contributed by atoms with van der Waals surface area (Å²) in [6.45, 7) is 6.56. The van der Waals surface area contributed by atoms with Crippen molar-refractivity contribution in [2.24, 2.45) is 0 Å². The molecule has 0 spiro atoms. The van der Waals surface area contributed by atoms with Gasteiger partial charge < -0.3 is 14.6 Å². The summed E-state index contributed by atoms with van der Waals surface area (Å²) >= 11 is 5.91. The van der Waals surface area contributed by atoms with Crippen LogP contribution in [-0.2, 0) is 13.0 Å². The fraction of sp³-hybridized carbons (Fsp3) is 0.333. The highest BCUT2D eigenvalue weighted by Gasteiger charge is 2.11. The summed E-state index contributed by atoms with van der Waals surface area (Å²) in [5, 5.41) is 3.62. The largest absolute Gasteiger partial charge is 0.493 e. The van der Waals surface area contributed by atoms with Crippen LogP contribution in [-0.4, -0.2) is 28.6 Å². The van der Waals surface area contributed by atoms with Crippen molar-refractivity contribution in [3.05, 3.63) is 94.8 Å². The van der Waals surface area contributed by atoms with Crippen molar-refractivity contribution in [3.63, 3.8) is 0 Å². The highest BCUT2D eigenvalue weighted by atomic mass is 35.5.